The molecule has 18 atom stereocenters. The molecule has 3 saturated heterocycles. The highest BCUT2D eigenvalue weighted by molar-refractivity contribution is 5.77. The van der Waals surface area contributed by atoms with Crippen molar-refractivity contribution in [1.82, 2.24) is 10.6 Å². The average molecular weight is 1320 g/mol. The van der Waals surface area contributed by atoms with Crippen molar-refractivity contribution in [2.75, 3.05) is 26.4 Å². The van der Waals surface area contributed by atoms with Crippen LogP contribution in [0.2, 0.25) is 0 Å². The van der Waals surface area contributed by atoms with Gasteiger partial charge in [-0.15, -0.1) is 0 Å². The smallest absolute Gasteiger partial charge is 0.364 e. The molecule has 542 valence electrons. The molecule has 3 aliphatic rings. The van der Waals surface area contributed by atoms with Gasteiger partial charge in [0.25, 0.3) is 5.79 Å². The van der Waals surface area contributed by atoms with Crippen LogP contribution in [0.5, 0.6) is 0 Å². The molecule has 14 N–H and O–H groups in total. The van der Waals surface area contributed by atoms with E-state index in [0.29, 0.717) is 19.3 Å². The molecular formula is C69H130N2O21. The Morgan fingerprint density at radius 2 is 0.946 bits per heavy atom. The fourth-order valence-electron chi connectivity index (χ4n) is 13.0. The van der Waals surface area contributed by atoms with E-state index in [-0.39, 0.29) is 18.9 Å². The number of carboxylic acid groups (broad SMARTS) is 1. The van der Waals surface area contributed by atoms with Gasteiger partial charge in [0.1, 0.15) is 67.1 Å². The Morgan fingerprint density at radius 3 is 1.36 bits per heavy atom. The summed E-state index contributed by atoms with van der Waals surface area (Å²) in [5.74, 6) is -6.09. The number of aliphatic hydroxyl groups is 11. The summed E-state index contributed by atoms with van der Waals surface area (Å²) in [5.41, 5.74) is 0. The van der Waals surface area contributed by atoms with Crippen molar-refractivity contribution in [3.05, 3.63) is 0 Å². The van der Waals surface area contributed by atoms with Crippen LogP contribution in [-0.2, 0) is 42.8 Å². The van der Waals surface area contributed by atoms with Gasteiger partial charge in [0, 0.05) is 19.8 Å². The van der Waals surface area contributed by atoms with Crippen molar-refractivity contribution in [1.29, 1.82) is 0 Å². The maximum absolute atomic E-state index is 13.5. The molecule has 3 heterocycles. The van der Waals surface area contributed by atoms with Crippen molar-refractivity contribution in [2.45, 2.75) is 394 Å². The van der Waals surface area contributed by atoms with Crippen LogP contribution < -0.4 is 10.6 Å². The second-order valence-corrected chi connectivity index (χ2v) is 26.8. The van der Waals surface area contributed by atoms with E-state index in [9.17, 15) is 75.7 Å². The van der Waals surface area contributed by atoms with E-state index in [1.807, 2.05) is 0 Å². The summed E-state index contributed by atoms with van der Waals surface area (Å²) < 4.78 is 34.9. The third-order valence-electron chi connectivity index (χ3n) is 18.8. The molecule has 0 bridgehead atoms. The number of ether oxygens (including phenoxy) is 6. The van der Waals surface area contributed by atoms with Crippen molar-refractivity contribution in [2.24, 2.45) is 0 Å². The zero-order chi connectivity index (χ0) is 67.5. The Morgan fingerprint density at radius 1 is 0.522 bits per heavy atom. The normalized spacial score (nSPS) is 28.2. The van der Waals surface area contributed by atoms with Crippen LogP contribution in [0.15, 0.2) is 0 Å². The number of unbranched alkanes of at least 4 members (excludes halogenated alkanes) is 36. The van der Waals surface area contributed by atoms with E-state index in [1.165, 1.54) is 186 Å². The van der Waals surface area contributed by atoms with Crippen LogP contribution >= 0.6 is 0 Å². The molecule has 92 heavy (non-hydrogen) atoms. The molecule has 23 nitrogen and oxygen atoms in total. The predicted octanol–water partition coefficient (Wildman–Crippen LogP) is 7.29. The SMILES string of the molecule is CCCCCCCCCCCCCCCCCCCCCCCC(O)C(COC1OC(CO)C(OC2OC(CO)C(O)C(OC3(C(=O)O)CC(O)C(NC(C)=O)C(C(O)C(O)CO)O3)C2O)C(O)C1O)NC(=O)CCCCCCCCCCCCCCCCCCC. The molecule has 0 aromatic carbocycles. The monoisotopic (exact) mass is 1320 g/mol. The van der Waals surface area contributed by atoms with Gasteiger partial charge in [-0.1, -0.05) is 251 Å². The highest BCUT2D eigenvalue weighted by atomic mass is 16.8. The minimum atomic E-state index is -3.08. The lowest BCUT2D eigenvalue weighted by Crippen LogP contribution is -2.70. The first-order valence-corrected chi connectivity index (χ1v) is 36.4. The minimum Gasteiger partial charge on any atom is -0.477 e. The average Bonchev–Trinajstić information content (AvgIpc) is 0.767. The molecule has 3 aliphatic heterocycles. The Hall–Kier alpha value is -2.27. The number of carboxylic acids is 1. The maximum atomic E-state index is 13.5. The van der Waals surface area contributed by atoms with Crippen molar-refractivity contribution in [3.8, 4) is 0 Å². The third kappa shape index (κ3) is 31.9. The standard InChI is InChI=1S/C69H130N2O21/c1-4-6-8-10-12-14-16-18-20-22-23-24-25-27-28-30-32-34-36-38-40-42-51(76)50(71-56(79)43-41-39-37-35-33-31-29-26-21-19-17-15-13-11-9-7-5-2)48-87-66-61(83)60(82)63(55(47-74)89-66)90-67-62(84)65(59(81)54(46-73)88-67)92-69(68(85)86)44-52(77)57(70-49(3)75)64(91-69)58(80)53(78)45-72/h50-55,57-67,72-74,76-78,80-84H,4-48H2,1-3H3,(H,70,75)(H,71,79)(H,85,86). The number of carbonyl (C=O) groups is 3. The van der Waals surface area contributed by atoms with Crippen LogP contribution in [0.3, 0.4) is 0 Å². The van der Waals surface area contributed by atoms with Crippen LogP contribution in [0.25, 0.3) is 0 Å². The van der Waals surface area contributed by atoms with E-state index in [2.05, 4.69) is 24.5 Å². The molecule has 0 spiro atoms. The van der Waals surface area contributed by atoms with Crippen LogP contribution in [-0.4, -0.2) is 215 Å². The van der Waals surface area contributed by atoms with Gasteiger partial charge in [-0.05, 0) is 12.8 Å². The summed E-state index contributed by atoms with van der Waals surface area (Å²) in [5, 5.41) is 136. The fraction of sp³-hybridized carbons (Fsp3) is 0.957. The third-order valence-corrected chi connectivity index (χ3v) is 18.8. The van der Waals surface area contributed by atoms with Gasteiger partial charge in [0.05, 0.1) is 50.7 Å². The number of aliphatic carboxylic acids is 1. The maximum Gasteiger partial charge on any atom is 0.364 e. The first kappa shape index (κ1) is 84.0. The van der Waals surface area contributed by atoms with Gasteiger partial charge >= 0.3 is 5.97 Å². The van der Waals surface area contributed by atoms with E-state index >= 15 is 0 Å². The highest BCUT2D eigenvalue weighted by Gasteiger charge is 2.60. The largest absolute Gasteiger partial charge is 0.477 e. The molecule has 0 aromatic heterocycles. The summed E-state index contributed by atoms with van der Waals surface area (Å²) in [6.07, 6.45) is 18.1. The Bertz CT molecular complexity index is 1860. The quantitative estimate of drug-likeness (QED) is 0.0266. The molecular weight excluding hydrogens is 1190 g/mol. The number of nitrogens with one attached hydrogen (secondary N) is 2. The van der Waals surface area contributed by atoms with Crippen molar-refractivity contribution in [3.63, 3.8) is 0 Å². The fourth-order valence-corrected chi connectivity index (χ4v) is 13.0. The van der Waals surface area contributed by atoms with Gasteiger partial charge in [-0.3, -0.25) is 9.59 Å². The highest BCUT2D eigenvalue weighted by Crippen LogP contribution is 2.39. The lowest BCUT2D eigenvalue weighted by Gasteiger charge is -2.50. The second kappa shape index (κ2) is 50.1. The van der Waals surface area contributed by atoms with Crippen LogP contribution in [0.4, 0.5) is 0 Å². The molecule has 0 aliphatic carbocycles. The Balaban J connectivity index is 1.57. The van der Waals surface area contributed by atoms with E-state index in [0.717, 1.165) is 51.9 Å². The van der Waals surface area contributed by atoms with Crippen molar-refractivity contribution >= 4 is 17.8 Å². The Labute approximate surface area is 550 Å². The van der Waals surface area contributed by atoms with E-state index < -0.39 is 148 Å². The van der Waals surface area contributed by atoms with Gasteiger partial charge in [0.15, 0.2) is 12.6 Å². The molecule has 3 fully saturated rings. The van der Waals surface area contributed by atoms with Gasteiger partial charge in [-0.25, -0.2) is 4.79 Å². The first-order chi connectivity index (χ1) is 44.4. The molecule has 0 radical (unpaired) electrons. The number of aliphatic hydroxyl groups excluding tert-OH is 11. The summed E-state index contributed by atoms with van der Waals surface area (Å²) in [6.45, 7) is 2.24. The van der Waals surface area contributed by atoms with E-state index in [1.54, 1.807) is 0 Å². The summed E-state index contributed by atoms with van der Waals surface area (Å²) >= 11 is 0. The summed E-state index contributed by atoms with van der Waals surface area (Å²) in [6, 6.07) is -2.52. The number of carbonyl (C=O) groups excluding carboxylic acids is 2. The lowest BCUT2D eigenvalue weighted by molar-refractivity contribution is -0.386. The number of amides is 2. The molecule has 23 heteroatoms. The Kier molecular flexibility index (Phi) is 45.7. The predicted molar refractivity (Wildman–Crippen MR) is 348 cm³/mol. The van der Waals surface area contributed by atoms with Crippen LogP contribution in [0, 0.1) is 0 Å². The molecule has 0 saturated carbocycles. The number of hydrogen-bond donors (Lipinski definition) is 14. The minimum absolute atomic E-state index is 0.229. The van der Waals surface area contributed by atoms with Gasteiger partial charge in [0.2, 0.25) is 11.8 Å². The second-order valence-electron chi connectivity index (χ2n) is 26.8. The number of hydrogen-bond acceptors (Lipinski definition) is 20. The van der Waals surface area contributed by atoms with Crippen molar-refractivity contribution < 1.29 is 104 Å². The summed E-state index contributed by atoms with van der Waals surface area (Å²) in [7, 11) is 0. The van der Waals surface area contributed by atoms with Gasteiger partial charge in [-0.2, -0.15) is 0 Å². The zero-order valence-electron chi connectivity index (χ0n) is 56.7. The van der Waals surface area contributed by atoms with E-state index in [4.69, 9.17) is 28.4 Å². The lowest BCUT2D eigenvalue weighted by atomic mass is 9.88. The summed E-state index contributed by atoms with van der Waals surface area (Å²) in [4.78, 5) is 38.6. The zero-order valence-corrected chi connectivity index (χ0v) is 56.7. The molecule has 0 aromatic rings. The molecule has 18 unspecified atom stereocenters. The molecule has 3 rings (SSSR count). The first-order valence-electron chi connectivity index (χ1n) is 36.4. The number of rotatable bonds is 56. The van der Waals surface area contributed by atoms with Crippen LogP contribution in [0.1, 0.15) is 284 Å². The van der Waals surface area contributed by atoms with Gasteiger partial charge < -0.3 is 100 Å². The topological polar surface area (TPSA) is 373 Å². The molecule has 2 amide bonds.